The van der Waals surface area contributed by atoms with Crippen LogP contribution in [-0.4, -0.2) is 58.8 Å². The number of rotatable bonds is 7. The summed E-state index contributed by atoms with van der Waals surface area (Å²) in [6.07, 6.45) is -1.28. The number of likely N-dealkylation sites (tertiary alicyclic amines) is 1. The van der Waals surface area contributed by atoms with Crippen molar-refractivity contribution < 1.29 is 23.0 Å². The number of ether oxygens (including phenoxy) is 2. The number of hydrogen-bond acceptors (Lipinski definition) is 6. The number of carbonyl (C=O) groups is 1. The molecule has 166 valence electrons. The predicted molar refractivity (Wildman–Crippen MR) is 111 cm³/mol. The van der Waals surface area contributed by atoms with Crippen LogP contribution in [0, 0.1) is 0 Å². The van der Waals surface area contributed by atoms with Crippen LogP contribution in [0.1, 0.15) is 16.5 Å². The standard InChI is InChI=1S/C22H20F2N4O4/c1-31-17-6-3-2-5-15(17)16-8-9-20(29)28(26-16)14-11-27(12-14)22(30)21-18(7-4-10-25-21)32-13-19(23)24/h2-10,14,19H,11-13H2,1H3. The minimum absolute atomic E-state index is 0.00490. The zero-order chi connectivity index (χ0) is 22.7. The number of nitrogens with zero attached hydrogens (tertiary/aromatic N) is 4. The highest BCUT2D eigenvalue weighted by atomic mass is 19.3. The SMILES string of the molecule is COc1ccccc1-c1ccc(=O)n(C2CN(C(=O)c3ncccc3OCC(F)F)C2)n1. The Morgan fingerprint density at radius 2 is 1.88 bits per heavy atom. The lowest BCUT2D eigenvalue weighted by Gasteiger charge is -2.39. The summed E-state index contributed by atoms with van der Waals surface area (Å²) in [6, 6.07) is 13.0. The Hall–Kier alpha value is -3.82. The lowest BCUT2D eigenvalue weighted by Crippen LogP contribution is -2.53. The van der Waals surface area contributed by atoms with E-state index in [1.165, 1.54) is 34.0 Å². The molecule has 0 aliphatic carbocycles. The molecular weight excluding hydrogens is 422 g/mol. The van der Waals surface area contributed by atoms with Gasteiger partial charge in [-0.05, 0) is 30.3 Å². The molecule has 1 fully saturated rings. The highest BCUT2D eigenvalue weighted by molar-refractivity contribution is 5.95. The van der Waals surface area contributed by atoms with Crippen LogP contribution in [0.25, 0.3) is 11.3 Å². The van der Waals surface area contributed by atoms with E-state index in [1.54, 1.807) is 19.2 Å². The number of halogens is 2. The van der Waals surface area contributed by atoms with Crippen LogP contribution >= 0.6 is 0 Å². The predicted octanol–water partition coefficient (Wildman–Crippen LogP) is 2.65. The summed E-state index contributed by atoms with van der Waals surface area (Å²) < 4.78 is 36.7. The maximum atomic E-state index is 12.8. The van der Waals surface area contributed by atoms with Crippen LogP contribution in [0.4, 0.5) is 8.78 Å². The maximum Gasteiger partial charge on any atom is 0.276 e. The van der Waals surface area contributed by atoms with Gasteiger partial charge in [0.2, 0.25) is 0 Å². The van der Waals surface area contributed by atoms with Gasteiger partial charge in [-0.2, -0.15) is 5.10 Å². The average molecular weight is 442 g/mol. The van der Waals surface area contributed by atoms with E-state index < -0.39 is 18.9 Å². The van der Waals surface area contributed by atoms with Gasteiger partial charge in [-0.15, -0.1) is 0 Å². The van der Waals surface area contributed by atoms with Gasteiger partial charge in [0.25, 0.3) is 17.9 Å². The number of hydrogen-bond donors (Lipinski definition) is 0. The van der Waals surface area contributed by atoms with Crippen molar-refractivity contribution >= 4 is 5.91 Å². The van der Waals surface area contributed by atoms with Crippen molar-refractivity contribution in [3.8, 4) is 22.8 Å². The summed E-state index contributed by atoms with van der Waals surface area (Å²) >= 11 is 0. The highest BCUT2D eigenvalue weighted by Crippen LogP contribution is 2.29. The molecule has 0 unspecified atom stereocenters. The fourth-order valence-electron chi connectivity index (χ4n) is 3.43. The Bertz CT molecular complexity index is 1180. The van der Waals surface area contributed by atoms with E-state index >= 15 is 0 Å². The Labute approximate surface area is 182 Å². The Morgan fingerprint density at radius 3 is 2.62 bits per heavy atom. The second kappa shape index (κ2) is 9.13. The maximum absolute atomic E-state index is 12.8. The van der Waals surface area contributed by atoms with Gasteiger partial charge in [0.05, 0.1) is 18.8 Å². The van der Waals surface area contributed by atoms with Crippen molar-refractivity contribution in [2.24, 2.45) is 0 Å². The topological polar surface area (TPSA) is 86.6 Å². The minimum atomic E-state index is -2.67. The van der Waals surface area contributed by atoms with E-state index in [9.17, 15) is 18.4 Å². The highest BCUT2D eigenvalue weighted by Gasteiger charge is 2.35. The van der Waals surface area contributed by atoms with Crippen molar-refractivity contribution in [2.45, 2.75) is 12.5 Å². The van der Waals surface area contributed by atoms with E-state index in [2.05, 4.69) is 10.1 Å². The zero-order valence-electron chi connectivity index (χ0n) is 17.1. The van der Waals surface area contributed by atoms with Gasteiger partial charge in [-0.25, -0.2) is 18.4 Å². The molecule has 1 aliphatic heterocycles. The van der Waals surface area contributed by atoms with E-state index in [0.717, 1.165) is 5.56 Å². The Morgan fingerprint density at radius 1 is 1.12 bits per heavy atom. The third-order valence-electron chi connectivity index (χ3n) is 5.04. The first-order chi connectivity index (χ1) is 15.5. The van der Waals surface area contributed by atoms with Crippen LogP contribution in [0.5, 0.6) is 11.5 Å². The molecule has 0 radical (unpaired) electrons. The molecule has 3 heterocycles. The molecular formula is C22H20F2N4O4. The fraction of sp³-hybridized carbons (Fsp3) is 0.273. The van der Waals surface area contributed by atoms with Crippen LogP contribution in [0.15, 0.2) is 59.5 Å². The molecule has 0 spiro atoms. The first-order valence-electron chi connectivity index (χ1n) is 9.86. The monoisotopic (exact) mass is 442 g/mol. The van der Waals surface area contributed by atoms with Gasteiger partial charge in [0.1, 0.15) is 12.4 Å². The number of amides is 1. The molecule has 1 saturated heterocycles. The minimum Gasteiger partial charge on any atom is -0.496 e. The molecule has 1 amide bonds. The van der Waals surface area contributed by atoms with E-state index in [0.29, 0.717) is 11.4 Å². The molecule has 1 aliphatic rings. The van der Waals surface area contributed by atoms with Gasteiger partial charge < -0.3 is 14.4 Å². The molecule has 3 aromatic rings. The summed E-state index contributed by atoms with van der Waals surface area (Å²) in [6.45, 7) is -0.373. The van der Waals surface area contributed by atoms with Crippen LogP contribution in [-0.2, 0) is 0 Å². The fourth-order valence-corrected chi connectivity index (χ4v) is 3.43. The number of carbonyl (C=O) groups excluding carboxylic acids is 1. The first kappa shape index (κ1) is 21.4. The molecule has 10 heteroatoms. The first-order valence-corrected chi connectivity index (χ1v) is 9.86. The quantitative estimate of drug-likeness (QED) is 0.559. The molecule has 4 rings (SSSR count). The molecule has 0 bridgehead atoms. The third-order valence-corrected chi connectivity index (χ3v) is 5.04. The number of aromatic nitrogens is 3. The average Bonchev–Trinajstić information content (AvgIpc) is 2.78. The molecule has 0 N–H and O–H groups in total. The number of methoxy groups -OCH3 is 1. The number of pyridine rings is 1. The van der Waals surface area contributed by atoms with E-state index in [1.807, 2.05) is 18.2 Å². The summed E-state index contributed by atoms with van der Waals surface area (Å²) in [7, 11) is 1.56. The third kappa shape index (κ3) is 4.29. The van der Waals surface area contributed by atoms with Crippen molar-refractivity contribution in [3.05, 3.63) is 70.8 Å². The molecule has 2 aromatic heterocycles. The Balaban J connectivity index is 1.51. The van der Waals surface area contributed by atoms with Gasteiger partial charge in [-0.3, -0.25) is 9.59 Å². The lowest BCUT2D eigenvalue weighted by atomic mass is 10.1. The van der Waals surface area contributed by atoms with Gasteiger partial charge in [0, 0.05) is 30.9 Å². The van der Waals surface area contributed by atoms with E-state index in [-0.39, 0.29) is 36.1 Å². The molecule has 1 aromatic carbocycles. The van der Waals surface area contributed by atoms with Crippen LogP contribution < -0.4 is 15.0 Å². The largest absolute Gasteiger partial charge is 0.496 e. The van der Waals surface area contributed by atoms with Crippen LogP contribution in [0.3, 0.4) is 0 Å². The Kier molecular flexibility index (Phi) is 6.11. The summed E-state index contributed by atoms with van der Waals surface area (Å²) in [5, 5.41) is 4.47. The summed E-state index contributed by atoms with van der Waals surface area (Å²) in [5.74, 6) is 0.164. The van der Waals surface area contributed by atoms with Crippen molar-refractivity contribution in [1.82, 2.24) is 19.7 Å². The smallest absolute Gasteiger partial charge is 0.276 e. The zero-order valence-corrected chi connectivity index (χ0v) is 17.1. The van der Waals surface area contributed by atoms with Gasteiger partial charge >= 0.3 is 0 Å². The molecule has 0 atom stereocenters. The number of benzene rings is 1. The van der Waals surface area contributed by atoms with Crippen molar-refractivity contribution in [1.29, 1.82) is 0 Å². The second-order valence-electron chi connectivity index (χ2n) is 7.12. The lowest BCUT2D eigenvalue weighted by molar-refractivity contribution is 0.0472. The molecule has 32 heavy (non-hydrogen) atoms. The van der Waals surface area contributed by atoms with Gasteiger partial charge in [-0.1, -0.05) is 12.1 Å². The molecule has 0 saturated carbocycles. The van der Waals surface area contributed by atoms with Crippen LogP contribution in [0.2, 0.25) is 0 Å². The second-order valence-corrected chi connectivity index (χ2v) is 7.12. The van der Waals surface area contributed by atoms with Gasteiger partial charge in [0.15, 0.2) is 11.4 Å². The van der Waals surface area contributed by atoms with Crippen molar-refractivity contribution in [3.63, 3.8) is 0 Å². The number of alkyl halides is 2. The molecule has 8 nitrogen and oxygen atoms in total. The number of para-hydroxylation sites is 1. The van der Waals surface area contributed by atoms with Crippen molar-refractivity contribution in [2.75, 3.05) is 26.8 Å². The summed E-state index contributed by atoms with van der Waals surface area (Å²) in [5.41, 5.74) is 0.971. The summed E-state index contributed by atoms with van der Waals surface area (Å²) in [4.78, 5) is 30.7. The van der Waals surface area contributed by atoms with E-state index in [4.69, 9.17) is 9.47 Å². The normalized spacial score (nSPS) is 13.7.